The van der Waals surface area contributed by atoms with Crippen LogP contribution in [0.2, 0.25) is 0 Å². The highest BCUT2D eigenvalue weighted by Crippen LogP contribution is 2.40. The number of piperidine rings is 1. The van der Waals surface area contributed by atoms with Gasteiger partial charge in [-0.05, 0) is 42.5 Å². The number of carbonyl (C=O) groups is 3. The summed E-state index contributed by atoms with van der Waals surface area (Å²) >= 11 is 0. The van der Waals surface area contributed by atoms with Crippen molar-refractivity contribution in [3.8, 4) is 11.5 Å². The van der Waals surface area contributed by atoms with E-state index in [1.807, 2.05) is 16.7 Å². The Morgan fingerprint density at radius 1 is 0.917 bits per heavy atom. The highest BCUT2D eigenvalue weighted by atomic mass is 16.7. The Morgan fingerprint density at radius 3 is 2.44 bits per heavy atom. The predicted octanol–water partition coefficient (Wildman–Crippen LogP) is 1.28. The van der Waals surface area contributed by atoms with Crippen molar-refractivity contribution < 1.29 is 23.9 Å². The number of urea groups is 1. The number of nitrogens with zero attached hydrogens (tertiary/aromatic N) is 4. The number of hydrogen-bond acceptors (Lipinski definition) is 7. The monoisotopic (exact) mass is 492 g/mol. The largest absolute Gasteiger partial charge is 0.454 e. The van der Waals surface area contributed by atoms with E-state index in [-0.39, 0.29) is 37.2 Å². The van der Waals surface area contributed by atoms with Crippen molar-refractivity contribution >= 4 is 17.8 Å². The molecule has 2 bridgehead atoms. The molecule has 10 nitrogen and oxygen atoms in total. The number of carbonyl (C=O) groups excluding carboxylic acids is 3. The summed E-state index contributed by atoms with van der Waals surface area (Å²) < 4.78 is 12.8. The summed E-state index contributed by atoms with van der Waals surface area (Å²) in [6, 6.07) is 10.2. The first kappa shape index (κ1) is 22.8. The van der Waals surface area contributed by atoms with E-state index in [9.17, 15) is 19.2 Å². The third-order valence-corrected chi connectivity index (χ3v) is 7.99. The standard InChI is InChI=1S/C26H28N4O6/c1-27-23(32)26(24(33)28(2)25(27)34,10-16-6-7-20-21(9-16)36-15-35-20)14-29-11-17-8-18(13-29)19-4-3-5-22(31)30(19)12-17/h3-7,9,17-18H,8,10-15H2,1-2H3/t17-,18-/m0/s1. The van der Waals surface area contributed by atoms with Crippen molar-refractivity contribution in [1.82, 2.24) is 19.3 Å². The molecule has 2 aromatic rings. The number of rotatable bonds is 4. The second-order valence-electron chi connectivity index (χ2n) is 10.3. The molecular weight excluding hydrogens is 464 g/mol. The number of ether oxygens (including phenoxy) is 2. The van der Waals surface area contributed by atoms with Crippen molar-refractivity contribution in [1.29, 1.82) is 0 Å². The molecule has 4 aliphatic rings. The van der Waals surface area contributed by atoms with Crippen LogP contribution in [-0.2, 0) is 22.6 Å². The van der Waals surface area contributed by atoms with Crippen molar-refractivity contribution in [3.05, 3.63) is 58.0 Å². The van der Waals surface area contributed by atoms with E-state index in [1.165, 1.54) is 14.1 Å². The minimum Gasteiger partial charge on any atom is -0.454 e. The maximum absolute atomic E-state index is 13.7. The zero-order valence-corrected chi connectivity index (χ0v) is 20.3. The van der Waals surface area contributed by atoms with Crippen LogP contribution in [0.4, 0.5) is 4.79 Å². The number of likely N-dealkylation sites (tertiary alicyclic amines) is 1. The molecule has 4 aliphatic heterocycles. The van der Waals surface area contributed by atoms with Gasteiger partial charge in [0.25, 0.3) is 5.56 Å². The van der Waals surface area contributed by atoms with Crippen LogP contribution in [0.3, 0.4) is 0 Å². The maximum Gasteiger partial charge on any atom is 0.332 e. The van der Waals surface area contributed by atoms with Crippen LogP contribution in [-0.4, -0.2) is 77.6 Å². The lowest BCUT2D eigenvalue weighted by atomic mass is 9.75. The summed E-state index contributed by atoms with van der Waals surface area (Å²) in [4.78, 5) is 56.8. The van der Waals surface area contributed by atoms with E-state index in [4.69, 9.17) is 9.47 Å². The Kier molecular flexibility index (Phi) is 5.18. The van der Waals surface area contributed by atoms with E-state index in [2.05, 4.69) is 4.90 Å². The molecule has 10 heteroatoms. The number of benzene rings is 1. The van der Waals surface area contributed by atoms with Crippen LogP contribution in [0.5, 0.6) is 11.5 Å². The number of fused-ring (bicyclic) bond motifs is 5. The summed E-state index contributed by atoms with van der Waals surface area (Å²) in [6.07, 6.45) is 1.10. The highest BCUT2D eigenvalue weighted by Gasteiger charge is 2.56. The Balaban J connectivity index is 1.35. The molecule has 1 aromatic heterocycles. The van der Waals surface area contributed by atoms with Crippen molar-refractivity contribution in [2.45, 2.75) is 25.3 Å². The van der Waals surface area contributed by atoms with E-state index in [0.717, 1.165) is 27.5 Å². The number of amides is 4. The maximum atomic E-state index is 13.7. The quantitative estimate of drug-likeness (QED) is 0.593. The lowest BCUT2D eigenvalue weighted by Gasteiger charge is -2.48. The Bertz CT molecular complexity index is 1310. The van der Waals surface area contributed by atoms with E-state index >= 15 is 0 Å². The first-order valence-electron chi connectivity index (χ1n) is 12.2. The number of barbiturate groups is 1. The third-order valence-electron chi connectivity index (χ3n) is 7.99. The van der Waals surface area contributed by atoms with Gasteiger partial charge < -0.3 is 18.9 Å². The molecule has 188 valence electrons. The molecule has 0 unspecified atom stereocenters. The van der Waals surface area contributed by atoms with Gasteiger partial charge in [-0.15, -0.1) is 0 Å². The molecule has 5 heterocycles. The fraction of sp³-hybridized carbons (Fsp3) is 0.462. The lowest BCUT2D eigenvalue weighted by Crippen LogP contribution is -2.67. The van der Waals surface area contributed by atoms with Crippen LogP contribution in [0.1, 0.15) is 23.6 Å². The molecule has 0 radical (unpaired) electrons. The molecule has 1 aromatic carbocycles. The van der Waals surface area contributed by atoms with Crippen LogP contribution >= 0.6 is 0 Å². The van der Waals surface area contributed by atoms with Gasteiger partial charge in [-0.1, -0.05) is 12.1 Å². The Labute approximate surface area is 208 Å². The van der Waals surface area contributed by atoms with Crippen LogP contribution < -0.4 is 15.0 Å². The van der Waals surface area contributed by atoms with Crippen molar-refractivity contribution in [3.63, 3.8) is 0 Å². The first-order valence-corrected chi connectivity index (χ1v) is 12.2. The van der Waals surface area contributed by atoms with Crippen molar-refractivity contribution in [2.24, 2.45) is 11.3 Å². The molecule has 6 rings (SSSR count). The average molecular weight is 493 g/mol. The summed E-state index contributed by atoms with van der Waals surface area (Å²) in [5, 5.41) is 0. The van der Waals surface area contributed by atoms with Crippen molar-refractivity contribution in [2.75, 3.05) is 40.5 Å². The summed E-state index contributed by atoms with van der Waals surface area (Å²) in [6.45, 7) is 2.23. The fourth-order valence-corrected chi connectivity index (χ4v) is 6.38. The number of pyridine rings is 1. The van der Waals surface area contributed by atoms with E-state index in [1.54, 1.807) is 24.3 Å². The second kappa shape index (κ2) is 8.19. The molecule has 4 amide bonds. The molecule has 2 fully saturated rings. The van der Waals surface area contributed by atoms with Gasteiger partial charge >= 0.3 is 6.03 Å². The van der Waals surface area contributed by atoms with Gasteiger partial charge in [0.15, 0.2) is 11.5 Å². The van der Waals surface area contributed by atoms with E-state index in [0.29, 0.717) is 31.1 Å². The summed E-state index contributed by atoms with van der Waals surface area (Å²) in [5.41, 5.74) is 0.298. The predicted molar refractivity (Wildman–Crippen MR) is 128 cm³/mol. The van der Waals surface area contributed by atoms with Gasteiger partial charge in [0, 0.05) is 58.0 Å². The van der Waals surface area contributed by atoms with Gasteiger partial charge in [-0.2, -0.15) is 0 Å². The third kappa shape index (κ3) is 3.42. The second-order valence-corrected chi connectivity index (χ2v) is 10.3. The average Bonchev–Trinajstić information content (AvgIpc) is 3.34. The minimum absolute atomic E-state index is 0.00864. The number of hydrogen-bond donors (Lipinski definition) is 0. The van der Waals surface area contributed by atoms with Gasteiger partial charge in [0.1, 0.15) is 5.41 Å². The molecule has 0 aliphatic carbocycles. The molecule has 2 saturated heterocycles. The molecular formula is C26H28N4O6. The Hall–Kier alpha value is -3.66. The van der Waals surface area contributed by atoms with E-state index < -0.39 is 23.3 Å². The summed E-state index contributed by atoms with van der Waals surface area (Å²) in [5.74, 6) is 0.577. The lowest BCUT2D eigenvalue weighted by molar-refractivity contribution is -0.159. The first-order chi connectivity index (χ1) is 17.3. The zero-order valence-electron chi connectivity index (χ0n) is 20.3. The van der Waals surface area contributed by atoms with Crippen LogP contribution in [0.25, 0.3) is 0 Å². The molecule has 36 heavy (non-hydrogen) atoms. The highest BCUT2D eigenvalue weighted by molar-refractivity contribution is 6.19. The molecule has 0 spiro atoms. The van der Waals surface area contributed by atoms with Gasteiger partial charge in [-0.3, -0.25) is 24.2 Å². The van der Waals surface area contributed by atoms with Gasteiger partial charge in [0.05, 0.1) is 0 Å². The normalized spacial score (nSPS) is 24.8. The zero-order chi connectivity index (χ0) is 25.2. The minimum atomic E-state index is -1.47. The summed E-state index contributed by atoms with van der Waals surface area (Å²) in [7, 11) is 2.85. The van der Waals surface area contributed by atoms with Gasteiger partial charge in [0.2, 0.25) is 18.6 Å². The fourth-order valence-electron chi connectivity index (χ4n) is 6.38. The van der Waals surface area contributed by atoms with Crippen LogP contribution in [0.15, 0.2) is 41.2 Å². The topological polar surface area (TPSA) is 101 Å². The number of imide groups is 2. The molecule has 0 saturated carbocycles. The Morgan fingerprint density at radius 2 is 1.67 bits per heavy atom. The SMILES string of the molecule is CN1C(=O)N(C)C(=O)C(Cc2ccc3c(c2)OCO3)(CN2C[C@@H]3C[C@@H](C2)c2cccc(=O)n2C3)C1=O. The smallest absolute Gasteiger partial charge is 0.332 e. The van der Waals surface area contributed by atoms with Crippen LogP contribution in [0, 0.1) is 11.3 Å². The number of aromatic nitrogens is 1. The molecule has 0 N–H and O–H groups in total. The van der Waals surface area contributed by atoms with Gasteiger partial charge in [-0.25, -0.2) is 4.79 Å². The molecule has 2 atom stereocenters.